The average molecular weight is 228 g/mol. The van der Waals surface area contributed by atoms with E-state index in [9.17, 15) is 0 Å². The maximum Gasteiger partial charge on any atom is 0.239 e. The SMILES string of the molecule is CN(c1nc(NN)ncc1Cl)C1CCC1. The lowest BCUT2D eigenvalue weighted by atomic mass is 9.92. The summed E-state index contributed by atoms with van der Waals surface area (Å²) in [7, 11) is 2.00. The van der Waals surface area contributed by atoms with Gasteiger partial charge in [-0.2, -0.15) is 4.98 Å². The molecule has 5 nitrogen and oxygen atoms in total. The summed E-state index contributed by atoms with van der Waals surface area (Å²) in [5.74, 6) is 6.38. The molecular formula is C9H14ClN5. The molecule has 1 aliphatic rings. The van der Waals surface area contributed by atoms with Crippen LogP contribution in [0.3, 0.4) is 0 Å². The van der Waals surface area contributed by atoms with Crippen molar-refractivity contribution in [2.45, 2.75) is 25.3 Å². The largest absolute Gasteiger partial charge is 0.355 e. The lowest BCUT2D eigenvalue weighted by molar-refractivity contribution is 0.399. The predicted molar refractivity (Wildman–Crippen MR) is 60.9 cm³/mol. The highest BCUT2D eigenvalue weighted by Crippen LogP contribution is 2.31. The van der Waals surface area contributed by atoms with Crippen molar-refractivity contribution in [2.75, 3.05) is 17.4 Å². The van der Waals surface area contributed by atoms with E-state index in [2.05, 4.69) is 20.3 Å². The first-order valence-corrected chi connectivity index (χ1v) is 5.32. The highest BCUT2D eigenvalue weighted by atomic mass is 35.5. The van der Waals surface area contributed by atoms with Gasteiger partial charge < -0.3 is 4.90 Å². The smallest absolute Gasteiger partial charge is 0.239 e. The van der Waals surface area contributed by atoms with Crippen LogP contribution in [0.1, 0.15) is 19.3 Å². The Hall–Kier alpha value is -1.07. The summed E-state index contributed by atoms with van der Waals surface area (Å²) in [5, 5.41) is 0.559. The Labute approximate surface area is 93.6 Å². The third kappa shape index (κ3) is 1.98. The lowest BCUT2D eigenvalue weighted by Crippen LogP contribution is -2.38. The predicted octanol–water partition coefficient (Wildman–Crippen LogP) is 1.40. The fourth-order valence-electron chi connectivity index (χ4n) is 1.62. The molecule has 6 heteroatoms. The maximum atomic E-state index is 6.04. The number of halogens is 1. The number of anilines is 2. The van der Waals surface area contributed by atoms with Gasteiger partial charge in [0.1, 0.15) is 5.02 Å². The van der Waals surface area contributed by atoms with Gasteiger partial charge in [0, 0.05) is 13.1 Å². The zero-order valence-corrected chi connectivity index (χ0v) is 9.33. The third-order valence-electron chi connectivity index (χ3n) is 2.81. The van der Waals surface area contributed by atoms with Crippen LogP contribution in [0.4, 0.5) is 11.8 Å². The average Bonchev–Trinajstić information content (AvgIpc) is 2.15. The van der Waals surface area contributed by atoms with E-state index in [-0.39, 0.29) is 0 Å². The van der Waals surface area contributed by atoms with Crippen LogP contribution >= 0.6 is 11.6 Å². The molecule has 0 atom stereocenters. The van der Waals surface area contributed by atoms with E-state index in [4.69, 9.17) is 17.4 Å². The Morgan fingerprint density at radius 3 is 2.87 bits per heavy atom. The summed E-state index contributed by atoms with van der Waals surface area (Å²) in [6.45, 7) is 0. The Bertz CT molecular complexity index is 352. The molecule has 1 fully saturated rings. The maximum absolute atomic E-state index is 6.04. The van der Waals surface area contributed by atoms with Gasteiger partial charge in [-0.25, -0.2) is 10.8 Å². The first-order valence-electron chi connectivity index (χ1n) is 4.94. The second kappa shape index (κ2) is 4.20. The Kier molecular flexibility index (Phi) is 2.93. The molecule has 1 aromatic heterocycles. The summed E-state index contributed by atoms with van der Waals surface area (Å²) >= 11 is 6.04. The number of hydrogen-bond donors (Lipinski definition) is 2. The molecule has 1 saturated carbocycles. The molecule has 0 aromatic carbocycles. The quantitative estimate of drug-likeness (QED) is 0.604. The van der Waals surface area contributed by atoms with Crippen molar-refractivity contribution in [3.05, 3.63) is 11.2 Å². The molecule has 2 rings (SSSR count). The number of nitrogen functional groups attached to an aromatic ring is 1. The number of nitrogens with zero attached hydrogens (tertiary/aromatic N) is 3. The minimum atomic E-state index is 0.389. The minimum absolute atomic E-state index is 0.389. The zero-order chi connectivity index (χ0) is 10.8. The molecule has 15 heavy (non-hydrogen) atoms. The Morgan fingerprint density at radius 1 is 1.60 bits per heavy atom. The fraction of sp³-hybridized carbons (Fsp3) is 0.556. The van der Waals surface area contributed by atoms with Gasteiger partial charge in [0.25, 0.3) is 0 Å². The van der Waals surface area contributed by atoms with E-state index in [0.29, 0.717) is 17.0 Å². The molecule has 0 unspecified atom stereocenters. The summed E-state index contributed by atoms with van der Waals surface area (Å²) in [6.07, 6.45) is 5.23. The van der Waals surface area contributed by atoms with Crippen LogP contribution in [-0.4, -0.2) is 23.1 Å². The number of hydrogen-bond acceptors (Lipinski definition) is 5. The molecule has 1 aliphatic carbocycles. The monoisotopic (exact) mass is 227 g/mol. The van der Waals surface area contributed by atoms with Crippen molar-refractivity contribution in [1.29, 1.82) is 0 Å². The standard InChI is InChI=1S/C9H14ClN5/c1-15(6-3-2-4-6)8-7(10)5-12-9(13-8)14-11/h5-6H,2-4,11H2,1H3,(H,12,13,14). The molecule has 0 bridgehead atoms. The van der Waals surface area contributed by atoms with Crippen molar-refractivity contribution in [3.8, 4) is 0 Å². The number of aromatic nitrogens is 2. The van der Waals surface area contributed by atoms with E-state index >= 15 is 0 Å². The van der Waals surface area contributed by atoms with Gasteiger partial charge in [-0.15, -0.1) is 0 Å². The normalized spacial score (nSPS) is 15.9. The van der Waals surface area contributed by atoms with Gasteiger partial charge in [0.05, 0.1) is 6.20 Å². The molecule has 0 saturated heterocycles. The van der Waals surface area contributed by atoms with Gasteiger partial charge in [-0.1, -0.05) is 11.6 Å². The van der Waals surface area contributed by atoms with E-state index in [0.717, 1.165) is 5.82 Å². The van der Waals surface area contributed by atoms with Crippen LogP contribution in [0, 0.1) is 0 Å². The van der Waals surface area contributed by atoms with Gasteiger partial charge >= 0.3 is 0 Å². The number of hydrazine groups is 1. The zero-order valence-electron chi connectivity index (χ0n) is 8.57. The topological polar surface area (TPSA) is 67.1 Å². The minimum Gasteiger partial charge on any atom is -0.355 e. The third-order valence-corrected chi connectivity index (χ3v) is 3.08. The Morgan fingerprint density at radius 2 is 2.33 bits per heavy atom. The Balaban J connectivity index is 2.24. The van der Waals surface area contributed by atoms with Crippen LogP contribution in [0.2, 0.25) is 5.02 Å². The molecule has 0 aliphatic heterocycles. The molecule has 0 spiro atoms. The van der Waals surface area contributed by atoms with Gasteiger partial charge in [-0.3, -0.25) is 5.43 Å². The molecule has 3 N–H and O–H groups in total. The molecule has 1 aromatic rings. The van der Waals surface area contributed by atoms with E-state index in [1.807, 2.05) is 7.05 Å². The van der Waals surface area contributed by atoms with Crippen molar-refractivity contribution in [2.24, 2.45) is 5.84 Å². The first-order chi connectivity index (χ1) is 7.22. The molecule has 0 radical (unpaired) electrons. The van der Waals surface area contributed by atoms with Crippen LogP contribution in [-0.2, 0) is 0 Å². The van der Waals surface area contributed by atoms with Crippen LogP contribution < -0.4 is 16.2 Å². The molecular weight excluding hydrogens is 214 g/mol. The van der Waals surface area contributed by atoms with Crippen molar-refractivity contribution < 1.29 is 0 Å². The summed E-state index contributed by atoms with van der Waals surface area (Å²) < 4.78 is 0. The lowest BCUT2D eigenvalue weighted by Gasteiger charge is -2.35. The number of nitrogens with two attached hydrogens (primary N) is 1. The molecule has 1 heterocycles. The van der Waals surface area contributed by atoms with E-state index in [1.165, 1.54) is 19.3 Å². The van der Waals surface area contributed by atoms with Crippen molar-refractivity contribution in [3.63, 3.8) is 0 Å². The van der Waals surface area contributed by atoms with E-state index in [1.54, 1.807) is 6.20 Å². The van der Waals surface area contributed by atoms with Crippen LogP contribution in [0.25, 0.3) is 0 Å². The summed E-state index contributed by atoms with van der Waals surface area (Å²) in [6, 6.07) is 0.544. The first kappa shape index (κ1) is 10.4. The van der Waals surface area contributed by atoms with Gasteiger partial charge in [0.2, 0.25) is 5.95 Å². The highest BCUT2D eigenvalue weighted by molar-refractivity contribution is 6.32. The second-order valence-electron chi connectivity index (χ2n) is 3.71. The molecule has 82 valence electrons. The van der Waals surface area contributed by atoms with Crippen molar-refractivity contribution in [1.82, 2.24) is 9.97 Å². The number of nitrogens with one attached hydrogen (secondary N) is 1. The van der Waals surface area contributed by atoms with Crippen molar-refractivity contribution >= 4 is 23.4 Å². The number of rotatable bonds is 3. The summed E-state index contributed by atoms with van der Waals surface area (Å²) in [4.78, 5) is 10.3. The van der Waals surface area contributed by atoms with E-state index < -0.39 is 0 Å². The fourth-order valence-corrected chi connectivity index (χ4v) is 1.85. The van der Waals surface area contributed by atoms with Gasteiger partial charge in [-0.05, 0) is 19.3 Å². The van der Waals surface area contributed by atoms with Crippen LogP contribution in [0.5, 0.6) is 0 Å². The van der Waals surface area contributed by atoms with Gasteiger partial charge in [0.15, 0.2) is 5.82 Å². The molecule has 0 amide bonds. The second-order valence-corrected chi connectivity index (χ2v) is 4.11. The summed E-state index contributed by atoms with van der Waals surface area (Å²) in [5.41, 5.74) is 2.42. The highest BCUT2D eigenvalue weighted by Gasteiger charge is 2.24. The van der Waals surface area contributed by atoms with Crippen LogP contribution in [0.15, 0.2) is 6.20 Å².